The Hall–Kier alpha value is -1.64. The quantitative estimate of drug-likeness (QED) is 0.710. The van der Waals surface area contributed by atoms with Gasteiger partial charge in [0.2, 0.25) is 10.0 Å². The molecular weight excluding hydrogens is 282 g/mol. The molecule has 1 unspecified atom stereocenters. The Labute approximate surface area is 117 Å². The van der Waals surface area contributed by atoms with Gasteiger partial charge in [-0.3, -0.25) is 4.79 Å². The minimum Gasteiger partial charge on any atom is -0.478 e. The molecule has 0 spiro atoms. The van der Waals surface area contributed by atoms with Gasteiger partial charge in [0, 0.05) is 13.1 Å². The smallest absolute Gasteiger partial charge is 0.265 e. The molecule has 0 saturated carbocycles. The molecule has 0 fully saturated rings. The summed E-state index contributed by atoms with van der Waals surface area (Å²) in [6.45, 7) is 2.20. The van der Waals surface area contributed by atoms with Crippen LogP contribution in [0.15, 0.2) is 23.1 Å². The number of fused-ring (bicyclic) bond motifs is 1. The van der Waals surface area contributed by atoms with Crippen LogP contribution in [0.1, 0.15) is 13.3 Å². The second-order valence-electron chi connectivity index (χ2n) is 4.35. The molecule has 1 atom stereocenters. The van der Waals surface area contributed by atoms with Gasteiger partial charge in [0.05, 0.1) is 10.6 Å². The molecule has 0 bridgehead atoms. The van der Waals surface area contributed by atoms with Gasteiger partial charge in [-0.25, -0.2) is 13.1 Å². The van der Waals surface area contributed by atoms with E-state index < -0.39 is 16.1 Å². The van der Waals surface area contributed by atoms with Crippen LogP contribution in [-0.4, -0.2) is 33.5 Å². The molecule has 1 aromatic rings. The largest absolute Gasteiger partial charge is 0.478 e. The standard InChI is InChI=1S/C12H17N3O4S/c1-2-10-12(16)15-9-7-8(3-4-11(9)19-10)20(17,18)14-6-5-13/h3-4,7,10,14H,2,5-6,13H2,1H3,(H,15,16). The van der Waals surface area contributed by atoms with Crippen molar-refractivity contribution in [1.82, 2.24) is 4.72 Å². The van der Waals surface area contributed by atoms with Crippen LogP contribution in [0.3, 0.4) is 0 Å². The zero-order valence-electron chi connectivity index (χ0n) is 11.0. The number of anilines is 1. The Balaban J connectivity index is 2.29. The van der Waals surface area contributed by atoms with E-state index in [-0.39, 0.29) is 23.9 Å². The van der Waals surface area contributed by atoms with Gasteiger partial charge in [-0.05, 0) is 24.6 Å². The summed E-state index contributed by atoms with van der Waals surface area (Å²) in [6, 6.07) is 4.34. The maximum atomic E-state index is 12.0. The molecule has 0 aromatic heterocycles. The van der Waals surface area contributed by atoms with Crippen LogP contribution in [-0.2, 0) is 14.8 Å². The van der Waals surface area contributed by atoms with Crippen molar-refractivity contribution >= 4 is 21.6 Å². The molecule has 20 heavy (non-hydrogen) atoms. The number of hydrogen-bond acceptors (Lipinski definition) is 5. The van der Waals surface area contributed by atoms with Crippen molar-refractivity contribution in [2.75, 3.05) is 18.4 Å². The van der Waals surface area contributed by atoms with Gasteiger partial charge in [0.15, 0.2) is 6.10 Å². The lowest BCUT2D eigenvalue weighted by atomic mass is 10.2. The molecule has 4 N–H and O–H groups in total. The molecule has 110 valence electrons. The topological polar surface area (TPSA) is 111 Å². The van der Waals surface area contributed by atoms with Crippen LogP contribution in [0, 0.1) is 0 Å². The van der Waals surface area contributed by atoms with Crippen LogP contribution >= 0.6 is 0 Å². The van der Waals surface area contributed by atoms with Crippen molar-refractivity contribution in [3.8, 4) is 5.75 Å². The first-order valence-electron chi connectivity index (χ1n) is 6.29. The number of carbonyl (C=O) groups is 1. The van der Waals surface area contributed by atoms with E-state index in [9.17, 15) is 13.2 Å². The molecule has 7 nitrogen and oxygen atoms in total. The van der Waals surface area contributed by atoms with Crippen LogP contribution in [0.25, 0.3) is 0 Å². The number of nitrogens with two attached hydrogens (primary N) is 1. The molecule has 8 heteroatoms. The van der Waals surface area contributed by atoms with Crippen molar-refractivity contribution in [1.29, 1.82) is 0 Å². The van der Waals surface area contributed by atoms with Crippen molar-refractivity contribution in [2.45, 2.75) is 24.3 Å². The fourth-order valence-corrected chi connectivity index (χ4v) is 2.92. The SMILES string of the molecule is CCC1Oc2ccc(S(=O)(=O)NCCN)cc2NC1=O. The molecule has 2 rings (SSSR count). The normalized spacial score (nSPS) is 18.1. The van der Waals surface area contributed by atoms with Crippen LogP contribution in [0.2, 0.25) is 0 Å². The molecule has 1 amide bonds. The van der Waals surface area contributed by atoms with Crippen molar-refractivity contribution in [3.63, 3.8) is 0 Å². The number of sulfonamides is 1. The van der Waals surface area contributed by atoms with E-state index in [0.717, 1.165) is 0 Å². The zero-order valence-corrected chi connectivity index (χ0v) is 11.9. The number of hydrogen-bond donors (Lipinski definition) is 3. The summed E-state index contributed by atoms with van der Waals surface area (Å²) >= 11 is 0. The number of carbonyl (C=O) groups excluding carboxylic acids is 1. The lowest BCUT2D eigenvalue weighted by molar-refractivity contribution is -0.123. The fraction of sp³-hybridized carbons (Fsp3) is 0.417. The first-order valence-corrected chi connectivity index (χ1v) is 7.77. The van der Waals surface area contributed by atoms with E-state index in [4.69, 9.17) is 10.5 Å². The van der Waals surface area contributed by atoms with Crippen LogP contribution < -0.4 is 20.5 Å². The third kappa shape index (κ3) is 2.92. The number of nitrogens with one attached hydrogen (secondary N) is 2. The van der Waals surface area contributed by atoms with Gasteiger partial charge >= 0.3 is 0 Å². The van der Waals surface area contributed by atoms with Crippen molar-refractivity contribution in [3.05, 3.63) is 18.2 Å². The number of rotatable bonds is 5. The van der Waals surface area contributed by atoms with Crippen LogP contribution in [0.4, 0.5) is 5.69 Å². The van der Waals surface area contributed by atoms with Crippen molar-refractivity contribution in [2.24, 2.45) is 5.73 Å². The number of ether oxygens (including phenoxy) is 1. The van der Waals surface area contributed by atoms with E-state index in [1.54, 1.807) is 0 Å². The predicted octanol–water partition coefficient (Wildman–Crippen LogP) is 0.0331. The minimum absolute atomic E-state index is 0.0588. The Bertz CT molecular complexity index is 615. The summed E-state index contributed by atoms with van der Waals surface area (Å²) in [5.74, 6) is 0.193. The van der Waals surface area contributed by atoms with Crippen molar-refractivity contribution < 1.29 is 17.9 Å². The molecule has 1 aliphatic heterocycles. The van der Waals surface area contributed by atoms with E-state index in [1.165, 1.54) is 18.2 Å². The van der Waals surface area contributed by atoms with Gasteiger partial charge in [0.1, 0.15) is 5.75 Å². The minimum atomic E-state index is -3.63. The average Bonchev–Trinajstić information content (AvgIpc) is 2.43. The highest BCUT2D eigenvalue weighted by molar-refractivity contribution is 7.89. The molecule has 1 aliphatic rings. The first-order chi connectivity index (χ1) is 9.47. The maximum Gasteiger partial charge on any atom is 0.265 e. The predicted molar refractivity (Wildman–Crippen MR) is 74.0 cm³/mol. The van der Waals surface area contributed by atoms with Gasteiger partial charge < -0.3 is 15.8 Å². The Morgan fingerprint density at radius 2 is 2.20 bits per heavy atom. The van der Waals surface area contributed by atoms with Crippen LogP contribution in [0.5, 0.6) is 5.75 Å². The average molecular weight is 299 g/mol. The second-order valence-corrected chi connectivity index (χ2v) is 6.12. The maximum absolute atomic E-state index is 12.0. The highest BCUT2D eigenvalue weighted by Gasteiger charge is 2.27. The lowest BCUT2D eigenvalue weighted by Gasteiger charge is -2.25. The third-order valence-corrected chi connectivity index (χ3v) is 4.35. The summed E-state index contributed by atoms with van der Waals surface area (Å²) < 4.78 is 31.8. The second kappa shape index (κ2) is 5.78. The number of benzene rings is 1. The van der Waals surface area contributed by atoms with Gasteiger partial charge in [-0.2, -0.15) is 0 Å². The highest BCUT2D eigenvalue weighted by Crippen LogP contribution is 2.32. The summed E-state index contributed by atoms with van der Waals surface area (Å²) in [7, 11) is -3.63. The Morgan fingerprint density at radius 1 is 1.45 bits per heavy atom. The van der Waals surface area contributed by atoms with E-state index in [0.29, 0.717) is 17.9 Å². The molecule has 0 aliphatic carbocycles. The summed E-state index contributed by atoms with van der Waals surface area (Å²) in [4.78, 5) is 11.8. The molecule has 0 saturated heterocycles. The molecule has 1 heterocycles. The fourth-order valence-electron chi connectivity index (χ4n) is 1.84. The van der Waals surface area contributed by atoms with Gasteiger partial charge in [0.25, 0.3) is 5.91 Å². The monoisotopic (exact) mass is 299 g/mol. The highest BCUT2D eigenvalue weighted by atomic mass is 32.2. The van der Waals surface area contributed by atoms with E-state index in [2.05, 4.69) is 10.0 Å². The van der Waals surface area contributed by atoms with E-state index >= 15 is 0 Å². The van der Waals surface area contributed by atoms with E-state index in [1.807, 2.05) is 6.92 Å². The molecule has 1 aromatic carbocycles. The van der Waals surface area contributed by atoms with Gasteiger partial charge in [-0.1, -0.05) is 6.92 Å². The Morgan fingerprint density at radius 3 is 2.85 bits per heavy atom. The molecule has 0 radical (unpaired) electrons. The zero-order chi connectivity index (χ0) is 14.8. The Kier molecular flexibility index (Phi) is 4.26. The first kappa shape index (κ1) is 14.8. The third-order valence-electron chi connectivity index (χ3n) is 2.89. The summed E-state index contributed by atoms with van der Waals surface area (Å²) in [5, 5.41) is 2.65. The lowest BCUT2D eigenvalue weighted by Crippen LogP contribution is -2.36. The summed E-state index contributed by atoms with van der Waals surface area (Å²) in [5.41, 5.74) is 5.63. The molecular formula is C12H17N3O4S. The van der Waals surface area contributed by atoms with Gasteiger partial charge in [-0.15, -0.1) is 0 Å². The summed E-state index contributed by atoms with van der Waals surface area (Å²) in [6.07, 6.45) is 0.00365. The number of amides is 1.